The number of phenolic OH excluding ortho intramolecular Hbond substituents is 1. The van der Waals surface area contributed by atoms with Gasteiger partial charge in [0, 0.05) is 60.7 Å². The van der Waals surface area contributed by atoms with E-state index in [1.54, 1.807) is 11.3 Å². The number of aromatic hydroxyl groups is 1. The van der Waals surface area contributed by atoms with Crippen LogP contribution in [0, 0.1) is 13.0 Å². The van der Waals surface area contributed by atoms with Crippen LogP contribution in [-0.2, 0) is 31.9 Å². The van der Waals surface area contributed by atoms with Gasteiger partial charge in [-0.05, 0) is 74.0 Å². The van der Waals surface area contributed by atoms with Crippen molar-refractivity contribution in [2.24, 2.45) is 0 Å². The fourth-order valence-electron chi connectivity index (χ4n) is 9.55. The average Bonchev–Trinajstić information content (AvgIpc) is 3.99. The SMILES string of the molecule is Cc1cc(-c2[c-]c(-c3cccc4c3nc(-c3cc(C(C)(C)C)cc(C(C)(C)C)c3O)n4-c3ccccc3-c3ccccc3)c3nc(-c4ccccc4)sc3c2)ncc1-c1ccc(-c2ccccc2)cc1.[Pt]. The Labute approximate surface area is 434 Å². The number of phenols is 1. The predicted octanol–water partition coefficient (Wildman–Crippen LogP) is 17.1. The molecular formula is C64H53N4OPtS-. The molecule has 352 valence electrons. The third kappa shape index (κ3) is 8.96. The molecular weight excluding hydrogens is 1070 g/mol. The number of aromatic nitrogens is 4. The molecule has 11 aromatic rings. The second-order valence-corrected chi connectivity index (χ2v) is 21.3. The summed E-state index contributed by atoms with van der Waals surface area (Å²) in [6.45, 7) is 15.3. The number of hydrogen-bond donors (Lipinski definition) is 1. The van der Waals surface area contributed by atoms with E-state index in [0.717, 1.165) is 98.8 Å². The van der Waals surface area contributed by atoms with Gasteiger partial charge in [-0.3, -0.25) is 14.5 Å². The Morgan fingerprint density at radius 3 is 1.79 bits per heavy atom. The summed E-state index contributed by atoms with van der Waals surface area (Å²) in [5, 5.41) is 13.5. The maximum Gasteiger partial charge on any atom is 0.148 e. The molecule has 0 saturated carbocycles. The minimum absolute atomic E-state index is 0. The normalized spacial score (nSPS) is 11.8. The van der Waals surface area contributed by atoms with Gasteiger partial charge in [-0.1, -0.05) is 216 Å². The predicted molar refractivity (Wildman–Crippen MR) is 293 cm³/mol. The van der Waals surface area contributed by atoms with Gasteiger partial charge in [-0.15, -0.1) is 23.5 Å². The fraction of sp³-hybridized carbons (Fsp3) is 0.141. The molecule has 11 rings (SSSR count). The number of thiazole rings is 1. The average molecular weight is 1120 g/mol. The van der Waals surface area contributed by atoms with Crippen molar-refractivity contribution in [2.45, 2.75) is 59.3 Å². The summed E-state index contributed by atoms with van der Waals surface area (Å²) >= 11 is 1.67. The van der Waals surface area contributed by atoms with E-state index in [9.17, 15) is 5.11 Å². The maximum atomic E-state index is 12.6. The smallest absolute Gasteiger partial charge is 0.148 e. The molecule has 3 heterocycles. The van der Waals surface area contributed by atoms with Gasteiger partial charge < -0.3 is 5.11 Å². The number of para-hydroxylation sites is 2. The second-order valence-electron chi connectivity index (χ2n) is 20.2. The van der Waals surface area contributed by atoms with Crippen LogP contribution >= 0.6 is 11.3 Å². The molecule has 0 amide bonds. The molecule has 5 nitrogen and oxygen atoms in total. The van der Waals surface area contributed by atoms with E-state index in [2.05, 4.69) is 223 Å². The number of benzene rings is 8. The van der Waals surface area contributed by atoms with E-state index < -0.39 is 0 Å². The van der Waals surface area contributed by atoms with Crippen LogP contribution in [0.5, 0.6) is 5.75 Å². The molecule has 0 saturated heterocycles. The minimum Gasteiger partial charge on any atom is -0.507 e. The van der Waals surface area contributed by atoms with E-state index in [1.807, 2.05) is 24.4 Å². The molecule has 0 spiro atoms. The summed E-state index contributed by atoms with van der Waals surface area (Å²) in [5.41, 5.74) is 17.9. The van der Waals surface area contributed by atoms with Crippen molar-refractivity contribution >= 4 is 32.6 Å². The first-order chi connectivity index (χ1) is 33.8. The van der Waals surface area contributed by atoms with Crippen molar-refractivity contribution in [3.05, 3.63) is 211 Å². The zero-order valence-electron chi connectivity index (χ0n) is 40.9. The van der Waals surface area contributed by atoms with E-state index in [4.69, 9.17) is 15.0 Å². The van der Waals surface area contributed by atoms with Gasteiger partial charge in [0.2, 0.25) is 0 Å². The quantitative estimate of drug-likeness (QED) is 0.154. The Balaban J connectivity index is 0.00000582. The number of imidazole rings is 1. The second kappa shape index (κ2) is 18.8. The molecule has 71 heavy (non-hydrogen) atoms. The zero-order valence-corrected chi connectivity index (χ0v) is 43.9. The molecule has 0 bridgehead atoms. The van der Waals surface area contributed by atoms with Crippen LogP contribution in [0.3, 0.4) is 0 Å². The number of fused-ring (bicyclic) bond motifs is 2. The molecule has 0 radical (unpaired) electrons. The fourth-order valence-corrected chi connectivity index (χ4v) is 10.6. The Bertz CT molecular complexity index is 3730. The Morgan fingerprint density at radius 2 is 1.13 bits per heavy atom. The van der Waals surface area contributed by atoms with Gasteiger partial charge in [0.1, 0.15) is 16.6 Å². The molecule has 0 aliphatic carbocycles. The zero-order chi connectivity index (χ0) is 48.3. The number of aryl methyl sites for hydroxylation is 1. The van der Waals surface area contributed by atoms with Crippen LogP contribution in [0.1, 0.15) is 58.2 Å². The Hall–Kier alpha value is -7.24. The van der Waals surface area contributed by atoms with E-state index in [0.29, 0.717) is 11.4 Å². The number of rotatable bonds is 8. The van der Waals surface area contributed by atoms with Gasteiger partial charge in [0.25, 0.3) is 0 Å². The van der Waals surface area contributed by atoms with Crippen molar-refractivity contribution in [2.75, 3.05) is 0 Å². The monoisotopic (exact) mass is 1120 g/mol. The summed E-state index contributed by atoms with van der Waals surface area (Å²) in [4.78, 5) is 16.2. The first-order valence-electron chi connectivity index (χ1n) is 23.9. The summed E-state index contributed by atoms with van der Waals surface area (Å²) in [6, 6.07) is 67.5. The van der Waals surface area contributed by atoms with Gasteiger partial charge in [-0.25, -0.2) is 4.98 Å². The van der Waals surface area contributed by atoms with Crippen molar-refractivity contribution in [3.63, 3.8) is 0 Å². The van der Waals surface area contributed by atoms with Crippen LogP contribution in [0.2, 0.25) is 0 Å². The van der Waals surface area contributed by atoms with E-state index >= 15 is 0 Å². The standard InChI is InChI=1S/C64H53N4OS.Pt/c1-40-34-54(65-39-52(40)44-32-30-42(31-33-44)41-20-11-8-12-21-41)46-35-50(59-57(36-46)70-62(67-59)45-24-15-10-16-25-45)49-27-19-29-56-58(49)66-61(51-37-47(63(2,3)4)38-53(60(51)69)64(5,6)7)68(56)55-28-18-17-26-48(55)43-22-13-9-14-23-43;/h8-34,36-39,69H,1-7H3;/q-1;. The van der Waals surface area contributed by atoms with Gasteiger partial charge >= 0.3 is 0 Å². The third-order valence-corrected chi connectivity index (χ3v) is 14.4. The minimum atomic E-state index is -0.344. The first kappa shape index (κ1) is 47.4. The summed E-state index contributed by atoms with van der Waals surface area (Å²) in [5.74, 6) is 0.885. The number of pyridine rings is 1. The van der Waals surface area contributed by atoms with Crippen LogP contribution in [0.25, 0.3) is 105 Å². The van der Waals surface area contributed by atoms with Crippen molar-refractivity contribution < 1.29 is 26.2 Å². The molecule has 0 fully saturated rings. The molecule has 0 unspecified atom stereocenters. The van der Waals surface area contributed by atoms with E-state index in [1.165, 1.54) is 11.1 Å². The molecule has 7 heteroatoms. The van der Waals surface area contributed by atoms with E-state index in [-0.39, 0.29) is 37.6 Å². The third-order valence-electron chi connectivity index (χ3n) is 13.3. The van der Waals surface area contributed by atoms with Gasteiger partial charge in [0.05, 0.1) is 22.3 Å². The number of nitrogens with zero attached hydrogens (tertiary/aromatic N) is 4. The molecule has 3 aromatic heterocycles. The molecule has 0 atom stereocenters. The molecule has 1 N–H and O–H groups in total. The van der Waals surface area contributed by atoms with Crippen molar-refractivity contribution in [1.29, 1.82) is 0 Å². The van der Waals surface area contributed by atoms with Gasteiger partial charge in [-0.2, -0.15) is 0 Å². The summed E-state index contributed by atoms with van der Waals surface area (Å²) < 4.78 is 3.27. The molecule has 0 aliphatic heterocycles. The number of hydrogen-bond acceptors (Lipinski definition) is 5. The van der Waals surface area contributed by atoms with Crippen LogP contribution < -0.4 is 0 Å². The van der Waals surface area contributed by atoms with Crippen LogP contribution in [0.15, 0.2) is 188 Å². The van der Waals surface area contributed by atoms with Gasteiger partial charge in [0.15, 0.2) is 0 Å². The van der Waals surface area contributed by atoms with Crippen molar-refractivity contribution in [3.8, 4) is 89.2 Å². The summed E-state index contributed by atoms with van der Waals surface area (Å²) in [6.07, 6.45) is 1.99. The Morgan fingerprint density at radius 1 is 0.535 bits per heavy atom. The molecule has 8 aromatic carbocycles. The molecule has 0 aliphatic rings. The van der Waals surface area contributed by atoms with Crippen LogP contribution in [0.4, 0.5) is 0 Å². The first-order valence-corrected chi connectivity index (χ1v) is 24.7. The Kier molecular flexibility index (Phi) is 12.6. The van der Waals surface area contributed by atoms with Crippen molar-refractivity contribution in [1.82, 2.24) is 19.5 Å². The largest absolute Gasteiger partial charge is 0.507 e. The topological polar surface area (TPSA) is 63.8 Å². The maximum absolute atomic E-state index is 12.6. The van der Waals surface area contributed by atoms with Crippen LogP contribution in [-0.4, -0.2) is 24.6 Å². The summed E-state index contributed by atoms with van der Waals surface area (Å²) in [7, 11) is 0.